The minimum Gasteiger partial charge on any atom is -0.375 e. The van der Waals surface area contributed by atoms with Gasteiger partial charge in [-0.15, -0.1) is 0 Å². The Balaban J connectivity index is 1.79. The average molecular weight is 433 g/mol. The smallest absolute Gasteiger partial charge is 0.232 e. The summed E-state index contributed by atoms with van der Waals surface area (Å²) in [6, 6.07) is 15.6. The van der Waals surface area contributed by atoms with E-state index in [1.807, 2.05) is 62.4 Å². The van der Waals surface area contributed by atoms with E-state index in [-0.39, 0.29) is 18.9 Å². The van der Waals surface area contributed by atoms with E-state index in [0.29, 0.717) is 26.2 Å². The molecular formula is C23H32N2O4S. The first-order valence-electron chi connectivity index (χ1n) is 10.3. The fourth-order valence-corrected chi connectivity index (χ4v) is 4.36. The number of carbonyl (C=O) groups is 1. The predicted octanol–water partition coefficient (Wildman–Crippen LogP) is 3.44. The van der Waals surface area contributed by atoms with Crippen LogP contribution in [0.25, 0.3) is 0 Å². The lowest BCUT2D eigenvalue weighted by Crippen LogP contribution is -2.33. The first-order valence-corrected chi connectivity index (χ1v) is 12.1. The highest BCUT2D eigenvalue weighted by molar-refractivity contribution is 7.92. The Morgan fingerprint density at radius 3 is 2.50 bits per heavy atom. The van der Waals surface area contributed by atoms with Crippen LogP contribution in [0.4, 0.5) is 5.69 Å². The van der Waals surface area contributed by atoms with Crippen LogP contribution in [0.5, 0.6) is 0 Å². The van der Waals surface area contributed by atoms with Crippen LogP contribution in [0.15, 0.2) is 48.5 Å². The average Bonchev–Trinajstić information content (AvgIpc) is 2.71. The third-order valence-electron chi connectivity index (χ3n) is 4.80. The number of benzene rings is 2. The molecule has 0 aliphatic rings. The van der Waals surface area contributed by atoms with E-state index in [4.69, 9.17) is 4.74 Å². The van der Waals surface area contributed by atoms with Gasteiger partial charge in [-0.25, -0.2) is 8.42 Å². The number of sulfonamides is 1. The maximum atomic E-state index is 12.4. The van der Waals surface area contributed by atoms with E-state index in [9.17, 15) is 13.2 Å². The van der Waals surface area contributed by atoms with Crippen LogP contribution in [-0.2, 0) is 32.6 Å². The number of nitrogens with zero attached hydrogens (tertiary/aromatic N) is 1. The van der Waals surface area contributed by atoms with E-state index < -0.39 is 10.0 Å². The Bertz CT molecular complexity index is 914. The number of hydrogen-bond donors (Lipinski definition) is 1. The molecule has 0 aromatic heterocycles. The molecule has 7 heteroatoms. The fraction of sp³-hybridized carbons (Fsp3) is 0.435. The number of rotatable bonds is 12. The van der Waals surface area contributed by atoms with Crippen molar-refractivity contribution in [3.8, 4) is 0 Å². The number of para-hydroxylation sites is 1. The summed E-state index contributed by atoms with van der Waals surface area (Å²) in [6.07, 6.45) is 2.66. The SMILES string of the molecule is CCc1cccc(C)c1N(CCCC(=O)NCCOCc1ccccc1)S(C)(=O)=O. The third-order valence-corrected chi connectivity index (χ3v) is 5.96. The summed E-state index contributed by atoms with van der Waals surface area (Å²) in [5.41, 5.74) is 3.73. The molecule has 0 radical (unpaired) electrons. The van der Waals surface area contributed by atoms with Gasteiger partial charge in [0.05, 0.1) is 25.2 Å². The summed E-state index contributed by atoms with van der Waals surface area (Å²) in [7, 11) is -3.44. The lowest BCUT2D eigenvalue weighted by atomic mass is 10.1. The highest BCUT2D eigenvalue weighted by Crippen LogP contribution is 2.28. The quantitative estimate of drug-likeness (QED) is 0.522. The molecule has 0 atom stereocenters. The number of aryl methyl sites for hydroxylation is 2. The molecule has 2 aromatic rings. The topological polar surface area (TPSA) is 75.7 Å². The van der Waals surface area contributed by atoms with E-state index in [0.717, 1.165) is 28.8 Å². The Labute approximate surface area is 180 Å². The first kappa shape index (κ1) is 23.9. The Morgan fingerprint density at radius 1 is 1.10 bits per heavy atom. The van der Waals surface area contributed by atoms with Crippen molar-refractivity contribution in [3.63, 3.8) is 0 Å². The van der Waals surface area contributed by atoms with Crippen LogP contribution >= 0.6 is 0 Å². The van der Waals surface area contributed by atoms with Crippen LogP contribution in [0.1, 0.15) is 36.5 Å². The monoisotopic (exact) mass is 432 g/mol. The van der Waals surface area contributed by atoms with E-state index >= 15 is 0 Å². The summed E-state index contributed by atoms with van der Waals surface area (Å²) < 4.78 is 31.8. The van der Waals surface area contributed by atoms with Crippen molar-refractivity contribution in [1.82, 2.24) is 5.32 Å². The van der Waals surface area contributed by atoms with Crippen LogP contribution in [0, 0.1) is 6.92 Å². The highest BCUT2D eigenvalue weighted by atomic mass is 32.2. The molecule has 0 heterocycles. The highest BCUT2D eigenvalue weighted by Gasteiger charge is 2.21. The maximum Gasteiger partial charge on any atom is 0.232 e. The van der Waals surface area contributed by atoms with Gasteiger partial charge in [0, 0.05) is 19.5 Å². The molecule has 30 heavy (non-hydrogen) atoms. The van der Waals surface area contributed by atoms with Crippen molar-refractivity contribution >= 4 is 21.6 Å². The van der Waals surface area contributed by atoms with Gasteiger partial charge in [-0.3, -0.25) is 9.10 Å². The molecule has 0 saturated carbocycles. The predicted molar refractivity (Wildman–Crippen MR) is 121 cm³/mol. The van der Waals surface area contributed by atoms with Gasteiger partial charge in [-0.2, -0.15) is 0 Å². The molecule has 0 fully saturated rings. The van der Waals surface area contributed by atoms with Crippen LogP contribution in [0.3, 0.4) is 0 Å². The number of carbonyl (C=O) groups excluding carboxylic acids is 1. The van der Waals surface area contributed by atoms with Gasteiger partial charge in [-0.1, -0.05) is 55.5 Å². The fourth-order valence-electron chi connectivity index (χ4n) is 3.30. The van der Waals surface area contributed by atoms with Gasteiger partial charge in [0.25, 0.3) is 0 Å². The van der Waals surface area contributed by atoms with E-state index in [2.05, 4.69) is 5.32 Å². The maximum absolute atomic E-state index is 12.4. The number of ether oxygens (including phenoxy) is 1. The molecule has 0 unspecified atom stereocenters. The number of nitrogens with one attached hydrogen (secondary N) is 1. The first-order chi connectivity index (χ1) is 14.3. The summed E-state index contributed by atoms with van der Waals surface area (Å²) >= 11 is 0. The Hall–Kier alpha value is -2.38. The second-order valence-corrected chi connectivity index (χ2v) is 9.17. The summed E-state index contributed by atoms with van der Waals surface area (Å²) in [6.45, 7) is 5.56. The molecule has 1 amide bonds. The largest absolute Gasteiger partial charge is 0.375 e. The van der Waals surface area contributed by atoms with Gasteiger partial charge in [-0.05, 0) is 36.5 Å². The number of hydrogen-bond acceptors (Lipinski definition) is 4. The van der Waals surface area contributed by atoms with Crippen molar-refractivity contribution < 1.29 is 17.9 Å². The van der Waals surface area contributed by atoms with Crippen molar-refractivity contribution in [3.05, 3.63) is 65.2 Å². The minimum atomic E-state index is -3.44. The van der Waals surface area contributed by atoms with Crippen LogP contribution in [0.2, 0.25) is 0 Å². The van der Waals surface area contributed by atoms with Crippen LogP contribution < -0.4 is 9.62 Å². The standard InChI is InChI=1S/C23H32N2O4S/c1-4-21-13-8-10-19(2)23(21)25(30(3,27)28)16-9-14-22(26)24-15-17-29-18-20-11-6-5-7-12-20/h5-8,10-13H,4,9,14-18H2,1-3H3,(H,24,26). The van der Waals surface area contributed by atoms with Crippen molar-refractivity contribution in [2.24, 2.45) is 0 Å². The number of amides is 1. The second kappa shape index (κ2) is 11.7. The second-order valence-electron chi connectivity index (χ2n) is 7.26. The molecule has 2 rings (SSSR count). The zero-order chi connectivity index (χ0) is 22.0. The minimum absolute atomic E-state index is 0.104. The third kappa shape index (κ3) is 7.46. The molecule has 0 aliphatic carbocycles. The molecule has 0 bridgehead atoms. The molecule has 2 aromatic carbocycles. The van der Waals surface area contributed by atoms with Gasteiger partial charge < -0.3 is 10.1 Å². The zero-order valence-electron chi connectivity index (χ0n) is 18.1. The van der Waals surface area contributed by atoms with Crippen molar-refractivity contribution in [1.29, 1.82) is 0 Å². The lowest BCUT2D eigenvalue weighted by Gasteiger charge is -2.26. The van der Waals surface area contributed by atoms with Crippen LogP contribution in [-0.4, -0.2) is 40.3 Å². The van der Waals surface area contributed by atoms with Gasteiger partial charge in [0.15, 0.2) is 0 Å². The normalized spacial score (nSPS) is 11.3. The van der Waals surface area contributed by atoms with E-state index in [1.165, 1.54) is 10.6 Å². The lowest BCUT2D eigenvalue weighted by molar-refractivity contribution is -0.121. The van der Waals surface area contributed by atoms with E-state index in [1.54, 1.807) is 0 Å². The molecule has 0 aliphatic heterocycles. The molecule has 6 nitrogen and oxygen atoms in total. The zero-order valence-corrected chi connectivity index (χ0v) is 18.9. The summed E-state index contributed by atoms with van der Waals surface area (Å²) in [5.74, 6) is -0.104. The Morgan fingerprint density at radius 2 is 1.83 bits per heavy atom. The van der Waals surface area contributed by atoms with Crippen molar-refractivity contribution in [2.75, 3.05) is 30.3 Å². The van der Waals surface area contributed by atoms with Gasteiger partial charge in [0.1, 0.15) is 0 Å². The summed E-state index contributed by atoms with van der Waals surface area (Å²) in [5, 5.41) is 2.82. The molecule has 1 N–H and O–H groups in total. The molecule has 164 valence electrons. The Kier molecular flexibility index (Phi) is 9.33. The number of anilines is 1. The molecule has 0 saturated heterocycles. The van der Waals surface area contributed by atoms with Gasteiger partial charge in [0.2, 0.25) is 15.9 Å². The van der Waals surface area contributed by atoms with Crippen molar-refractivity contribution in [2.45, 2.75) is 39.7 Å². The molecular weight excluding hydrogens is 400 g/mol. The molecule has 0 spiro atoms. The van der Waals surface area contributed by atoms with Gasteiger partial charge >= 0.3 is 0 Å². The summed E-state index contributed by atoms with van der Waals surface area (Å²) in [4.78, 5) is 12.1.